The number of fused-ring (bicyclic) bond motifs is 2. The van der Waals surface area contributed by atoms with Crippen molar-refractivity contribution in [2.45, 2.75) is 77.8 Å². The molecule has 0 unspecified atom stereocenters. The van der Waals surface area contributed by atoms with Crippen molar-refractivity contribution in [3.05, 3.63) is 310 Å². The Morgan fingerprint density at radius 2 is 0.633 bits per heavy atom. The fourth-order valence-electron chi connectivity index (χ4n) is 20.0. The smallest absolute Gasteiger partial charge is 0.324 e. The lowest BCUT2D eigenvalue weighted by molar-refractivity contribution is 0.210. The number of carbonyl (C=O) groups is 5. The first-order chi connectivity index (χ1) is 62.3. The molecule has 28 heteroatoms. The van der Waals surface area contributed by atoms with Gasteiger partial charge in [-0.05, 0) is 247 Å². The maximum atomic E-state index is 13.4. The van der Waals surface area contributed by atoms with Gasteiger partial charge in [-0.15, -0.1) is 0 Å². The van der Waals surface area contributed by atoms with Gasteiger partial charge in [0.05, 0.1) is 46.5 Å². The molecule has 638 valence electrons. The molecule has 25 nitrogen and oxygen atoms in total. The van der Waals surface area contributed by atoms with Gasteiger partial charge in [-0.3, -0.25) is 58.7 Å². The first-order valence-corrected chi connectivity index (χ1v) is 44.3. The number of pyridine rings is 6. The Labute approximate surface area is 737 Å². The fraction of sp³-hybridized carbons (Fsp3) is 0.210. The Morgan fingerprint density at radius 3 is 1.05 bits per heavy atom. The predicted octanol–water partition coefficient (Wildman–Crippen LogP) is 16.7. The van der Waals surface area contributed by atoms with Crippen molar-refractivity contribution in [1.82, 2.24) is 60.0 Å². The molecule has 0 spiro atoms. The van der Waals surface area contributed by atoms with Crippen molar-refractivity contribution in [1.29, 1.82) is 0 Å². The molecular formula is C100H86F2N18O7S. The topological polar surface area (TPSA) is 262 Å². The number of urea groups is 5. The fourth-order valence-corrected chi connectivity index (χ4v) is 21.3. The number of hydrogen-bond acceptors (Lipinski definition) is 13. The van der Waals surface area contributed by atoms with Crippen LogP contribution >= 0.6 is 0 Å². The van der Waals surface area contributed by atoms with Crippen LogP contribution < -0.4 is 44.2 Å². The number of halogens is 2. The highest BCUT2D eigenvalue weighted by Crippen LogP contribution is 2.47. The monoisotopic (exact) mass is 1720 g/mol. The predicted molar refractivity (Wildman–Crippen MR) is 490 cm³/mol. The molecule has 0 atom stereocenters. The summed E-state index contributed by atoms with van der Waals surface area (Å²) in [5, 5.41) is 10.5. The average molecular weight is 1720 g/mol. The molecule has 0 radical (unpaired) electrons. The standard InChI is InChI=1S/C20H17N3O.C19H15N3O.C16H14FN3O.C16H15N3O.C15H12FN3O.C14H13N3O2S/c1-22-12-16-9-15(8-13-6-7-23(19(13)16)20(22)24)18-11-21-10-14-4-2-3-5-17(14)18;23-19-21-10-15-8-14(7-12-5-6-22(19)18(12)15)17-11-20-9-13-3-1-2-4-16(13)17;1-19-9-13-5-11(12-6-14(17)8-18-7-12)4-10-2-3-20(15(10)13)16(19)21;1-18-10-14-8-13(12-3-2-5-17-9-12)7-11-4-6-19(15(11)14)16(18)20;16-13-5-11(6-17-8-13)10-3-9-1-2-19-14(9)12(4-10)7-18-15(19)20;18-20(19)16-9-13-7-12(11-2-1-4-15-8-11)6-10-3-5-17(20)14(10)13/h2-5,8-11H,6-7,12H2,1H3;1-4,7-9,11H,5-6,10H2,(H,21,23);4-8H,2-3,9H2,1H3;2-3,5,7-9H,4,6,10H2,1H3;3-6,8H,1-2,7H2,(H,18,20);1-2,4,6-8,16H,3,5,9H2. The van der Waals surface area contributed by atoms with Crippen LogP contribution in [0.1, 0.15) is 66.8 Å². The molecule has 0 fully saturated rings. The van der Waals surface area contributed by atoms with E-state index in [4.69, 9.17) is 0 Å². The van der Waals surface area contributed by atoms with Crippen molar-refractivity contribution in [2.24, 2.45) is 0 Å². The molecule has 0 saturated heterocycles. The van der Waals surface area contributed by atoms with Gasteiger partial charge in [0, 0.05) is 206 Å². The van der Waals surface area contributed by atoms with E-state index >= 15 is 0 Å². The zero-order valence-electron chi connectivity index (χ0n) is 70.4. The summed E-state index contributed by atoms with van der Waals surface area (Å²) in [5.41, 5.74) is 33.1. The van der Waals surface area contributed by atoms with E-state index in [0.717, 1.165) is 193 Å². The van der Waals surface area contributed by atoms with E-state index < -0.39 is 10.2 Å². The van der Waals surface area contributed by atoms with Crippen molar-refractivity contribution in [3.63, 3.8) is 0 Å². The second kappa shape index (κ2) is 32.6. The highest BCUT2D eigenvalue weighted by atomic mass is 32.2. The van der Waals surface area contributed by atoms with Crippen LogP contribution in [0.15, 0.2) is 232 Å². The third-order valence-electron chi connectivity index (χ3n) is 25.8. The molecule has 14 aromatic rings. The van der Waals surface area contributed by atoms with Crippen molar-refractivity contribution in [2.75, 3.05) is 89.2 Å². The van der Waals surface area contributed by atoms with Crippen LogP contribution in [0.5, 0.6) is 0 Å². The molecule has 12 aliphatic heterocycles. The quantitative estimate of drug-likeness (QED) is 0.140. The third kappa shape index (κ3) is 14.7. The highest BCUT2D eigenvalue weighted by Gasteiger charge is 2.41. The molecule has 18 heterocycles. The van der Waals surface area contributed by atoms with Crippen LogP contribution in [0.3, 0.4) is 0 Å². The number of carbonyl (C=O) groups excluding carboxylic acids is 5. The molecule has 3 N–H and O–H groups in total. The van der Waals surface area contributed by atoms with Gasteiger partial charge in [-0.1, -0.05) is 60.7 Å². The molecule has 26 rings (SSSR count). The SMILES string of the molecule is CN1Cc2cc(-c3cccnc3)cc3c2N(CC3)C1=O.CN1Cc2cc(-c3cncc(F)c3)cc3c2N(CC3)C1=O.CN1Cc2cc(-c3cncc4ccccc34)cc3c2N(CC3)C1=O.O=C1NCc2cc(-c3cncc(F)c3)cc3c2N1CC3.O=C1NCc2cc(-c3cncc4ccccc34)cc3c2N1CC3.O=S1(=O)NCc2cc(-c3cccnc3)cc3c2N1CC3. The Morgan fingerprint density at radius 1 is 0.305 bits per heavy atom. The number of aromatic nitrogens is 6. The molecule has 0 aliphatic carbocycles. The van der Waals surface area contributed by atoms with E-state index in [1.807, 2.05) is 125 Å². The lowest BCUT2D eigenvalue weighted by Crippen LogP contribution is -2.43. The minimum atomic E-state index is -3.34. The highest BCUT2D eigenvalue weighted by molar-refractivity contribution is 7.91. The van der Waals surface area contributed by atoms with Gasteiger partial charge in [-0.25, -0.2) is 32.8 Å². The van der Waals surface area contributed by atoms with E-state index in [9.17, 15) is 41.2 Å². The summed E-state index contributed by atoms with van der Waals surface area (Å²) in [6.45, 7) is 7.72. The summed E-state index contributed by atoms with van der Waals surface area (Å²) in [6, 6.07) is 53.4. The van der Waals surface area contributed by atoms with Gasteiger partial charge in [-0.2, -0.15) is 13.1 Å². The van der Waals surface area contributed by atoms with Gasteiger partial charge in [0.1, 0.15) is 11.6 Å². The molecule has 6 aromatic heterocycles. The first-order valence-electron chi connectivity index (χ1n) is 42.9. The number of nitrogens with zero attached hydrogens (tertiary/aromatic N) is 15. The number of amides is 10. The Hall–Kier alpha value is -14.9. The molecule has 0 bridgehead atoms. The summed E-state index contributed by atoms with van der Waals surface area (Å²) in [4.78, 5) is 99.9. The number of benzene rings is 8. The van der Waals surface area contributed by atoms with Crippen LogP contribution in [0, 0.1) is 11.6 Å². The van der Waals surface area contributed by atoms with Gasteiger partial charge in [0.15, 0.2) is 0 Å². The summed E-state index contributed by atoms with van der Waals surface area (Å²) >= 11 is 0. The Balaban J connectivity index is 0.0000000935. The number of nitrogens with one attached hydrogen (secondary N) is 3. The lowest BCUT2D eigenvalue weighted by atomic mass is 9.95. The van der Waals surface area contributed by atoms with Crippen molar-refractivity contribution >= 4 is 96.0 Å². The third-order valence-corrected chi connectivity index (χ3v) is 27.3. The molecule has 10 amide bonds. The van der Waals surface area contributed by atoms with E-state index in [-0.39, 0.29) is 41.8 Å². The van der Waals surface area contributed by atoms with Gasteiger partial charge < -0.3 is 25.3 Å². The number of hydrogen-bond donors (Lipinski definition) is 3. The maximum Gasteiger partial charge on any atom is 0.324 e. The van der Waals surface area contributed by atoms with Gasteiger partial charge >= 0.3 is 40.4 Å². The van der Waals surface area contributed by atoms with E-state index in [0.29, 0.717) is 52.4 Å². The second-order valence-electron chi connectivity index (χ2n) is 33.8. The van der Waals surface area contributed by atoms with Crippen LogP contribution in [0.4, 0.5) is 66.9 Å². The Kier molecular flexibility index (Phi) is 20.4. The second-order valence-corrected chi connectivity index (χ2v) is 35.5. The maximum absolute atomic E-state index is 13.4. The molecule has 12 aliphatic rings. The number of rotatable bonds is 6. The minimum Gasteiger partial charge on any atom is -0.334 e. The summed E-state index contributed by atoms with van der Waals surface area (Å²) in [7, 11) is 2.20. The average Bonchev–Trinajstić information content (AvgIpc) is 1.59. The van der Waals surface area contributed by atoms with Crippen LogP contribution in [0.25, 0.3) is 88.3 Å². The molecule has 8 aromatic carbocycles. The summed E-state index contributed by atoms with van der Waals surface area (Å²) < 4.78 is 54.7. The summed E-state index contributed by atoms with van der Waals surface area (Å²) in [6.07, 6.45) is 25.9. The zero-order valence-corrected chi connectivity index (χ0v) is 71.2. The largest absolute Gasteiger partial charge is 0.334 e. The van der Waals surface area contributed by atoms with Crippen LogP contribution in [-0.2, 0) is 88.0 Å². The van der Waals surface area contributed by atoms with Crippen LogP contribution in [-0.4, -0.2) is 144 Å². The first kappa shape index (κ1) is 80.2. The number of anilines is 6. The summed E-state index contributed by atoms with van der Waals surface area (Å²) in [5.74, 6) is -0.679. The molecule has 128 heavy (non-hydrogen) atoms. The van der Waals surface area contributed by atoms with Gasteiger partial charge in [0.2, 0.25) is 0 Å². The molecular weight excluding hydrogens is 1640 g/mol. The van der Waals surface area contributed by atoms with E-state index in [2.05, 4.69) is 136 Å². The van der Waals surface area contributed by atoms with Crippen molar-refractivity contribution < 1.29 is 41.2 Å². The van der Waals surface area contributed by atoms with Crippen molar-refractivity contribution in [3.8, 4) is 66.8 Å². The minimum absolute atomic E-state index is 0.0239. The van der Waals surface area contributed by atoms with E-state index in [1.165, 1.54) is 89.7 Å². The molecule has 0 saturated carbocycles. The normalized spacial score (nSPS) is 16.5. The van der Waals surface area contributed by atoms with E-state index in [1.54, 1.807) is 51.4 Å². The lowest BCUT2D eigenvalue weighted by Gasteiger charge is -2.32. The zero-order chi connectivity index (χ0) is 87.3. The van der Waals surface area contributed by atoms with Gasteiger partial charge in [0.25, 0.3) is 0 Å². The van der Waals surface area contributed by atoms with Crippen LogP contribution in [0.2, 0.25) is 0 Å². The Bertz CT molecular complexity index is 7080.